The summed E-state index contributed by atoms with van der Waals surface area (Å²) in [7, 11) is 0. The van der Waals surface area contributed by atoms with Gasteiger partial charge in [-0.15, -0.1) is 0 Å². The fourth-order valence-corrected chi connectivity index (χ4v) is 6.34. The molecule has 1 aromatic heterocycles. The van der Waals surface area contributed by atoms with Gasteiger partial charge in [-0.3, -0.25) is 4.99 Å². The molecule has 1 aliphatic carbocycles. The lowest BCUT2D eigenvalue weighted by atomic mass is 9.83. The molecule has 0 saturated carbocycles. The van der Waals surface area contributed by atoms with Crippen molar-refractivity contribution < 1.29 is 9.84 Å². The number of para-hydroxylation sites is 1. The van der Waals surface area contributed by atoms with Crippen LogP contribution in [0.1, 0.15) is 35.8 Å². The van der Waals surface area contributed by atoms with Gasteiger partial charge in [-0.1, -0.05) is 74.1 Å². The first-order valence-electron chi connectivity index (χ1n) is 10.7. The van der Waals surface area contributed by atoms with Crippen LogP contribution in [0.25, 0.3) is 10.9 Å². The average Bonchev–Trinajstić information content (AvgIpc) is 3.34. The van der Waals surface area contributed by atoms with E-state index < -0.39 is 0 Å². The summed E-state index contributed by atoms with van der Waals surface area (Å²) in [5.41, 5.74) is 4.41. The molecule has 2 heterocycles. The molecule has 6 rings (SSSR count). The second kappa shape index (κ2) is 7.10. The molecule has 0 fully saturated rings. The average molecular weight is 439 g/mol. The summed E-state index contributed by atoms with van der Waals surface area (Å²) in [5, 5.41) is 12.4. The lowest BCUT2D eigenvalue weighted by Crippen LogP contribution is -2.27. The molecule has 1 aliphatic heterocycles. The minimum Gasteiger partial charge on any atom is -0.506 e. The third kappa shape index (κ3) is 3.00. The molecule has 2 atom stereocenters. The van der Waals surface area contributed by atoms with Gasteiger partial charge in [-0.25, -0.2) is 4.98 Å². The molecule has 0 amide bonds. The van der Waals surface area contributed by atoms with Gasteiger partial charge in [0, 0.05) is 22.4 Å². The fraction of sp³-hybridized carbons (Fsp3) is 0.185. The van der Waals surface area contributed by atoms with Gasteiger partial charge in [0.2, 0.25) is 5.88 Å². The van der Waals surface area contributed by atoms with Crippen molar-refractivity contribution in [1.82, 2.24) is 4.98 Å². The second-order valence-corrected chi connectivity index (χ2v) is 9.98. The third-order valence-electron chi connectivity index (χ3n) is 6.46. The van der Waals surface area contributed by atoms with Crippen molar-refractivity contribution in [3.05, 3.63) is 95.6 Å². The van der Waals surface area contributed by atoms with E-state index in [0.717, 1.165) is 16.0 Å². The number of hydrogen-bond acceptors (Lipinski definition) is 5. The van der Waals surface area contributed by atoms with Crippen LogP contribution in [0.4, 0.5) is 0 Å². The molecule has 32 heavy (non-hydrogen) atoms. The van der Waals surface area contributed by atoms with Crippen molar-refractivity contribution in [3.8, 4) is 17.4 Å². The van der Waals surface area contributed by atoms with Gasteiger partial charge in [-0.2, -0.15) is 0 Å². The monoisotopic (exact) mass is 438 g/mol. The Morgan fingerprint density at radius 2 is 1.78 bits per heavy atom. The number of nitrogens with zero attached hydrogens (tertiary/aromatic N) is 2. The number of rotatable bonds is 3. The van der Waals surface area contributed by atoms with Crippen molar-refractivity contribution >= 4 is 27.7 Å². The zero-order chi connectivity index (χ0) is 21.9. The van der Waals surface area contributed by atoms with Crippen molar-refractivity contribution in [1.29, 1.82) is 0 Å². The molecule has 0 radical (unpaired) electrons. The van der Waals surface area contributed by atoms with Crippen LogP contribution in [-0.4, -0.2) is 21.2 Å². The Balaban J connectivity index is 1.30. The van der Waals surface area contributed by atoms with Crippen LogP contribution in [0.3, 0.4) is 0 Å². The summed E-state index contributed by atoms with van der Waals surface area (Å²) < 4.78 is 6.05. The number of ether oxygens (including phenoxy) is 1. The number of aromatic nitrogens is 1. The highest BCUT2D eigenvalue weighted by molar-refractivity contribution is 8.15. The Morgan fingerprint density at radius 1 is 0.938 bits per heavy atom. The number of hydrogen-bond donors (Lipinski definition) is 1. The Bertz CT molecular complexity index is 1400. The summed E-state index contributed by atoms with van der Waals surface area (Å²) >= 11 is 1.84. The Hall–Kier alpha value is -3.31. The molecule has 0 bridgehead atoms. The van der Waals surface area contributed by atoms with Crippen LogP contribution in [-0.2, 0) is 5.41 Å². The van der Waals surface area contributed by atoms with Crippen molar-refractivity contribution in [3.63, 3.8) is 0 Å². The molecule has 5 heteroatoms. The summed E-state index contributed by atoms with van der Waals surface area (Å²) in [5.74, 6) is 1.29. The van der Waals surface area contributed by atoms with E-state index in [2.05, 4.69) is 49.2 Å². The molecule has 158 valence electrons. The maximum absolute atomic E-state index is 10.1. The smallest absolute Gasteiger partial charge is 0.219 e. The van der Waals surface area contributed by atoms with E-state index in [1.165, 1.54) is 11.1 Å². The Morgan fingerprint density at radius 3 is 2.69 bits per heavy atom. The van der Waals surface area contributed by atoms with Crippen LogP contribution in [0.15, 0.2) is 83.9 Å². The zero-order valence-electron chi connectivity index (χ0n) is 17.8. The predicted octanol–water partition coefficient (Wildman–Crippen LogP) is 6.63. The van der Waals surface area contributed by atoms with Crippen LogP contribution < -0.4 is 4.74 Å². The van der Waals surface area contributed by atoms with Crippen LogP contribution in [0.2, 0.25) is 0 Å². The standard InChI is InChI=1S/C27H22N2O2S/c1-27(2)20-11-4-3-10-19(20)24-25(27)29-26(32-24)17-8-5-9-18(15-17)31-22-14-13-16-7-6-12-21(30)23(16)28-22/h3-15,24-25,30H,1-2H3/t24-,25+/m0/s1. The highest BCUT2D eigenvalue weighted by Gasteiger charge is 2.50. The molecule has 4 aromatic rings. The van der Waals surface area contributed by atoms with Crippen molar-refractivity contribution in [2.45, 2.75) is 30.6 Å². The molecular formula is C27H22N2O2S. The summed E-state index contributed by atoms with van der Waals surface area (Å²) in [6, 6.07) is 26.0. The Labute approximate surface area is 191 Å². The van der Waals surface area contributed by atoms with Crippen molar-refractivity contribution in [2.75, 3.05) is 0 Å². The molecule has 1 N–H and O–H groups in total. The van der Waals surface area contributed by atoms with E-state index in [1.54, 1.807) is 12.1 Å². The number of aromatic hydroxyl groups is 1. The quantitative estimate of drug-likeness (QED) is 0.390. The van der Waals surface area contributed by atoms with E-state index >= 15 is 0 Å². The normalized spacial score (nSPS) is 20.6. The minimum absolute atomic E-state index is 0.0150. The number of fused-ring (bicyclic) bond motifs is 4. The molecule has 0 unspecified atom stereocenters. The lowest BCUT2D eigenvalue weighted by molar-refractivity contribution is 0.448. The molecular weight excluding hydrogens is 416 g/mol. The largest absolute Gasteiger partial charge is 0.506 e. The van der Waals surface area contributed by atoms with Crippen LogP contribution in [0.5, 0.6) is 17.4 Å². The SMILES string of the molecule is CC1(C)c2ccccc2[C@@H]2SC(c3cccc(Oc4ccc5cccc(O)c5n4)c3)=N[C@H]21. The van der Waals surface area contributed by atoms with Gasteiger partial charge in [0.15, 0.2) is 0 Å². The minimum atomic E-state index is 0.0150. The Kier molecular flexibility index (Phi) is 4.30. The molecule has 0 saturated heterocycles. The molecule has 4 nitrogen and oxygen atoms in total. The number of phenols is 1. The second-order valence-electron chi connectivity index (χ2n) is 8.85. The number of thioether (sulfide) groups is 1. The maximum atomic E-state index is 10.1. The van der Waals surface area contributed by atoms with Gasteiger partial charge in [0.1, 0.15) is 17.0 Å². The van der Waals surface area contributed by atoms with Gasteiger partial charge < -0.3 is 9.84 Å². The van der Waals surface area contributed by atoms with Gasteiger partial charge in [0.05, 0.1) is 16.3 Å². The zero-order valence-corrected chi connectivity index (χ0v) is 18.6. The summed E-state index contributed by atoms with van der Waals surface area (Å²) in [6.07, 6.45) is 0. The first kappa shape index (κ1) is 19.4. The number of pyridine rings is 1. The van der Waals surface area contributed by atoms with Crippen LogP contribution in [0, 0.1) is 0 Å². The molecule has 2 aliphatic rings. The maximum Gasteiger partial charge on any atom is 0.219 e. The fourth-order valence-electron chi connectivity index (χ4n) is 4.80. The van der Waals surface area contributed by atoms with E-state index in [1.807, 2.05) is 48.2 Å². The number of phenolic OH excluding ortho intramolecular Hbond substituents is 1. The van der Waals surface area contributed by atoms with Crippen LogP contribution >= 0.6 is 11.8 Å². The van der Waals surface area contributed by atoms with Gasteiger partial charge in [-0.05, 0) is 35.4 Å². The van der Waals surface area contributed by atoms with E-state index in [-0.39, 0.29) is 17.2 Å². The number of aliphatic imine (C=N–C) groups is 1. The first-order chi connectivity index (χ1) is 15.5. The summed E-state index contributed by atoms with van der Waals surface area (Å²) in [6.45, 7) is 4.59. The van der Waals surface area contributed by atoms with E-state index in [9.17, 15) is 5.11 Å². The highest BCUT2D eigenvalue weighted by Crippen LogP contribution is 2.56. The van der Waals surface area contributed by atoms with E-state index in [0.29, 0.717) is 22.4 Å². The first-order valence-corrected chi connectivity index (χ1v) is 11.6. The number of benzene rings is 3. The lowest BCUT2D eigenvalue weighted by Gasteiger charge is -2.24. The summed E-state index contributed by atoms with van der Waals surface area (Å²) in [4.78, 5) is 9.64. The van der Waals surface area contributed by atoms with Crippen molar-refractivity contribution in [2.24, 2.45) is 4.99 Å². The van der Waals surface area contributed by atoms with Gasteiger partial charge in [0.25, 0.3) is 0 Å². The topological polar surface area (TPSA) is 54.7 Å². The third-order valence-corrected chi connectivity index (χ3v) is 7.79. The molecule has 0 spiro atoms. The van der Waals surface area contributed by atoms with Gasteiger partial charge >= 0.3 is 0 Å². The van der Waals surface area contributed by atoms with E-state index in [4.69, 9.17) is 9.73 Å². The highest BCUT2D eigenvalue weighted by atomic mass is 32.2. The molecule has 3 aromatic carbocycles. The predicted molar refractivity (Wildman–Crippen MR) is 130 cm³/mol.